The summed E-state index contributed by atoms with van der Waals surface area (Å²) in [4.78, 5) is 73.4. The molecule has 3 atom stereocenters. The minimum absolute atomic E-state index is 0. The number of halogens is 3. The van der Waals surface area contributed by atoms with Gasteiger partial charge in [-0.15, -0.1) is 23.2 Å². The fourth-order valence-electron chi connectivity index (χ4n) is 4.72. The topological polar surface area (TPSA) is 166 Å². The summed E-state index contributed by atoms with van der Waals surface area (Å²) >= 11 is 12.9. The van der Waals surface area contributed by atoms with Crippen molar-refractivity contribution >= 4 is 81.2 Å². The Morgan fingerprint density at radius 1 is 0.667 bits per heavy atom. The minimum atomic E-state index is -0.885. The van der Waals surface area contributed by atoms with Crippen molar-refractivity contribution in [2.75, 3.05) is 43.0 Å². The second kappa shape index (κ2) is 20.3. The van der Waals surface area contributed by atoms with Crippen LogP contribution in [0.5, 0.6) is 0 Å². The van der Waals surface area contributed by atoms with Crippen molar-refractivity contribution in [1.82, 2.24) is 15.1 Å². The van der Waals surface area contributed by atoms with Gasteiger partial charge in [0.15, 0.2) is 0 Å². The molecule has 3 aromatic carbocycles. The molecule has 2 saturated heterocycles. The maximum atomic E-state index is 11.8. The Morgan fingerprint density at radius 2 is 1.00 bits per heavy atom. The van der Waals surface area contributed by atoms with Crippen LogP contribution in [0.3, 0.4) is 0 Å². The molecule has 5 aliphatic rings. The number of carbonyl (C=O) groups is 6. The lowest BCUT2D eigenvalue weighted by Gasteiger charge is -2.16. The van der Waals surface area contributed by atoms with Gasteiger partial charge in [-0.2, -0.15) is 0 Å². The lowest BCUT2D eigenvalue weighted by atomic mass is 10.1. The molecule has 2 fully saturated rings. The molecule has 3 aromatic rings. The largest absolute Gasteiger partial charge is 0.390 e. The molecule has 6 amide bonds. The maximum absolute atomic E-state index is 11.8. The minimum Gasteiger partial charge on any atom is -0.390 e. The zero-order valence-corrected chi connectivity index (χ0v) is 29.8. The molecule has 51 heavy (non-hydrogen) atoms. The van der Waals surface area contributed by atoms with E-state index in [1.165, 1.54) is 4.90 Å². The quantitative estimate of drug-likeness (QED) is 0.149. The van der Waals surface area contributed by atoms with Gasteiger partial charge in [-0.1, -0.05) is 73.8 Å². The van der Waals surface area contributed by atoms with E-state index in [0.717, 1.165) is 11.5 Å². The fraction of sp³-hybridized carbons (Fsp3) is 0.333. The van der Waals surface area contributed by atoms with Gasteiger partial charge in [0, 0.05) is 0 Å². The second-order valence-electron chi connectivity index (χ2n) is 10.7. The SMILES string of the molecule is C.C.CI.ClC[C@H]1CO1.O=C1NC(=O)c2ccccc21.O=C1c2ccccc2C(=O)N1C[C@@H]1CO1.O=C1c2ccccc2C(=O)N1C[C@H](O)CCl. The number of hydrogen-bond donors (Lipinski definition) is 2. The molecule has 5 aliphatic heterocycles. The van der Waals surface area contributed by atoms with Crippen LogP contribution < -0.4 is 5.32 Å². The van der Waals surface area contributed by atoms with Gasteiger partial charge in [-0.25, -0.2) is 0 Å². The molecule has 8 rings (SSSR count). The normalized spacial score (nSPS) is 18.6. The summed E-state index contributed by atoms with van der Waals surface area (Å²) in [5, 5.41) is 11.6. The molecule has 2 N–H and O–H groups in total. The van der Waals surface area contributed by atoms with E-state index in [0.29, 0.717) is 58.5 Å². The number of imide groups is 3. The number of nitrogens with zero attached hydrogens (tertiary/aromatic N) is 2. The summed E-state index contributed by atoms with van der Waals surface area (Å²) in [6, 6.07) is 20.2. The van der Waals surface area contributed by atoms with Gasteiger partial charge in [-0.05, 0) is 41.3 Å². The number of carbonyl (C=O) groups excluding carboxylic acids is 6. The smallest absolute Gasteiger partial charge is 0.261 e. The van der Waals surface area contributed by atoms with E-state index >= 15 is 0 Å². The molecule has 0 unspecified atom stereocenters. The Hall–Kier alpha value is -3.73. The fourth-order valence-corrected chi connectivity index (χ4v) is 5.00. The monoisotopic (exact) mass is 855 g/mol. The third kappa shape index (κ3) is 10.9. The van der Waals surface area contributed by atoms with Crippen molar-refractivity contribution in [1.29, 1.82) is 0 Å². The summed E-state index contributed by atoms with van der Waals surface area (Å²) < 4.78 is 9.75. The van der Waals surface area contributed by atoms with Crippen molar-refractivity contribution in [3.8, 4) is 0 Å². The first-order chi connectivity index (χ1) is 23.6. The van der Waals surface area contributed by atoms with Crippen LogP contribution >= 0.6 is 45.8 Å². The standard InChI is InChI=1S/C11H10ClNO3.C11H9NO3.C8H5NO2.C3H5ClO.CH3I.2CH4/c12-5-7(14)6-13-10(15)8-3-1-2-4-9(8)11(13)16;13-10-8-3-1-2-4-9(8)11(14)12(10)5-7-6-15-7;10-7-5-3-1-2-4-6(5)8(11)9-7;4-1-3-2-5-3;1-2;;/h1-4,7,14H,5-6H2;1-4,7H,5-6H2;1-4H,(H,9,10,11);3H,1-2H2;1H3;2*1H4/t2*7-;;3-;;;/m11.0.../s1. The Labute approximate surface area is 320 Å². The molecule has 0 radical (unpaired) electrons. The van der Waals surface area contributed by atoms with Gasteiger partial charge < -0.3 is 14.6 Å². The molecule has 0 bridgehead atoms. The average Bonchev–Trinajstić information content (AvgIpc) is 4.08. The predicted octanol–water partition coefficient (Wildman–Crippen LogP) is 5.08. The van der Waals surface area contributed by atoms with E-state index in [1.807, 2.05) is 4.93 Å². The predicted molar refractivity (Wildman–Crippen MR) is 202 cm³/mol. The number of β-amino-alcohol motifs (C(OH)–C–C–N with tert-alkyl or cyclic N) is 1. The Balaban J connectivity index is 0.000000240. The van der Waals surface area contributed by atoms with Crippen LogP contribution in [0.1, 0.15) is 77.0 Å². The highest BCUT2D eigenvalue weighted by Crippen LogP contribution is 2.25. The first-order valence-electron chi connectivity index (χ1n) is 14.9. The third-order valence-electron chi connectivity index (χ3n) is 7.33. The number of alkyl halides is 3. The average molecular weight is 857 g/mol. The van der Waals surface area contributed by atoms with E-state index in [-0.39, 0.29) is 68.8 Å². The van der Waals surface area contributed by atoms with Gasteiger partial charge in [0.25, 0.3) is 35.4 Å². The van der Waals surface area contributed by atoms with Gasteiger partial charge in [-0.3, -0.25) is 43.9 Å². The first kappa shape index (κ1) is 43.4. The molecule has 274 valence electrons. The van der Waals surface area contributed by atoms with Gasteiger partial charge >= 0.3 is 0 Å². The van der Waals surface area contributed by atoms with Gasteiger partial charge in [0.1, 0.15) is 0 Å². The number of ether oxygens (including phenoxy) is 2. The van der Waals surface area contributed by atoms with Crippen LogP contribution in [-0.4, -0.2) is 112 Å². The number of aliphatic hydroxyl groups excluding tert-OH is 1. The van der Waals surface area contributed by atoms with E-state index in [4.69, 9.17) is 32.7 Å². The number of hydrogen-bond acceptors (Lipinski definition) is 9. The van der Waals surface area contributed by atoms with E-state index in [2.05, 4.69) is 27.9 Å². The molecule has 5 heterocycles. The van der Waals surface area contributed by atoms with Gasteiger partial charge in [0.2, 0.25) is 0 Å². The molecular formula is C36H40Cl2IN3O9. The Kier molecular flexibility index (Phi) is 17.3. The van der Waals surface area contributed by atoms with Crippen molar-refractivity contribution in [3.63, 3.8) is 0 Å². The highest BCUT2D eigenvalue weighted by Gasteiger charge is 2.39. The molecule has 0 saturated carbocycles. The third-order valence-corrected chi connectivity index (χ3v) is 8.03. The summed E-state index contributed by atoms with van der Waals surface area (Å²) in [6.45, 7) is 1.85. The van der Waals surface area contributed by atoms with Crippen LogP contribution in [-0.2, 0) is 9.47 Å². The number of aliphatic hydroxyl groups is 1. The molecule has 12 nitrogen and oxygen atoms in total. The summed E-state index contributed by atoms with van der Waals surface area (Å²) in [5.74, 6) is -1.09. The second-order valence-corrected chi connectivity index (χ2v) is 11.4. The molecule has 0 spiro atoms. The molecular weight excluding hydrogens is 816 g/mol. The molecule has 0 aliphatic carbocycles. The van der Waals surface area contributed by atoms with Gasteiger partial charge in [0.05, 0.1) is 89.8 Å². The van der Waals surface area contributed by atoms with Crippen molar-refractivity contribution in [3.05, 3.63) is 106 Å². The highest BCUT2D eigenvalue weighted by molar-refractivity contribution is 14.1. The number of fused-ring (bicyclic) bond motifs is 3. The molecule has 15 heteroatoms. The van der Waals surface area contributed by atoms with Crippen molar-refractivity contribution in [2.45, 2.75) is 33.2 Å². The Morgan fingerprint density at radius 3 is 1.29 bits per heavy atom. The van der Waals surface area contributed by atoms with Crippen molar-refractivity contribution < 1.29 is 43.3 Å². The lowest BCUT2D eigenvalue weighted by molar-refractivity contribution is 0.0564. The lowest BCUT2D eigenvalue weighted by Crippen LogP contribution is -2.37. The Bertz CT molecular complexity index is 1630. The van der Waals surface area contributed by atoms with Crippen LogP contribution in [0, 0.1) is 0 Å². The number of epoxide rings is 2. The number of amides is 6. The van der Waals surface area contributed by atoms with Crippen LogP contribution in [0.4, 0.5) is 0 Å². The van der Waals surface area contributed by atoms with E-state index in [9.17, 15) is 33.9 Å². The number of benzene rings is 3. The molecule has 0 aromatic heterocycles. The zero-order valence-electron chi connectivity index (χ0n) is 26.1. The van der Waals surface area contributed by atoms with E-state index < -0.39 is 6.10 Å². The summed E-state index contributed by atoms with van der Waals surface area (Å²) in [5.41, 5.74) is 2.71. The van der Waals surface area contributed by atoms with Crippen LogP contribution in [0.2, 0.25) is 0 Å². The number of rotatable bonds is 6. The van der Waals surface area contributed by atoms with Crippen LogP contribution in [0.25, 0.3) is 0 Å². The van der Waals surface area contributed by atoms with E-state index in [1.54, 1.807) is 72.8 Å². The maximum Gasteiger partial charge on any atom is 0.261 e. The number of nitrogens with one attached hydrogen (secondary N) is 1. The van der Waals surface area contributed by atoms with Crippen LogP contribution in [0.15, 0.2) is 72.8 Å². The summed E-state index contributed by atoms with van der Waals surface area (Å²) in [6.07, 6.45) is -0.437. The summed E-state index contributed by atoms with van der Waals surface area (Å²) in [7, 11) is 0. The highest BCUT2D eigenvalue weighted by atomic mass is 127. The first-order valence-corrected chi connectivity index (χ1v) is 18.1. The zero-order chi connectivity index (χ0) is 35.7. The van der Waals surface area contributed by atoms with Crippen molar-refractivity contribution in [2.24, 2.45) is 0 Å².